The number of methoxy groups -OCH3 is 2. The zero-order valence-corrected chi connectivity index (χ0v) is 13.9. The molecule has 1 saturated heterocycles. The van der Waals surface area contributed by atoms with E-state index in [-0.39, 0.29) is 17.2 Å². The molecule has 2 N–H and O–H groups in total. The molecule has 0 radical (unpaired) electrons. The first-order chi connectivity index (χ1) is 10.5. The number of carbonyl (C=O) groups is 1. The Morgan fingerprint density at radius 1 is 1.32 bits per heavy atom. The van der Waals surface area contributed by atoms with E-state index in [1.807, 2.05) is 18.2 Å². The van der Waals surface area contributed by atoms with Crippen LogP contribution in [0, 0.1) is 5.92 Å². The Labute approximate surface area is 132 Å². The Morgan fingerprint density at radius 3 is 2.64 bits per heavy atom. The van der Waals surface area contributed by atoms with Gasteiger partial charge in [0.05, 0.1) is 20.1 Å². The molecule has 5 nitrogen and oxygen atoms in total. The molecular weight excluding hydrogens is 280 g/mol. The molecule has 22 heavy (non-hydrogen) atoms. The molecule has 0 aliphatic carbocycles. The maximum Gasteiger partial charge on any atom is 0.224 e. The number of hydrogen-bond donors (Lipinski definition) is 2. The summed E-state index contributed by atoms with van der Waals surface area (Å²) < 4.78 is 10.6. The third-order valence-corrected chi connectivity index (χ3v) is 4.30. The number of hydrogen-bond acceptors (Lipinski definition) is 4. The number of carbonyl (C=O) groups excluding carboxylic acids is 1. The summed E-state index contributed by atoms with van der Waals surface area (Å²) in [6.07, 6.45) is 0.919. The molecule has 0 bridgehead atoms. The molecule has 0 aromatic heterocycles. The predicted molar refractivity (Wildman–Crippen MR) is 86.6 cm³/mol. The topological polar surface area (TPSA) is 59.6 Å². The first-order valence-corrected chi connectivity index (χ1v) is 7.69. The molecule has 0 saturated carbocycles. The fraction of sp³-hybridized carbons (Fsp3) is 0.588. The summed E-state index contributed by atoms with van der Waals surface area (Å²) in [5.74, 6) is 1.65. The van der Waals surface area contributed by atoms with E-state index in [9.17, 15) is 4.79 Å². The third kappa shape index (κ3) is 3.71. The molecule has 1 aromatic carbocycles. The molecule has 5 heteroatoms. The molecule has 1 atom stereocenters. The third-order valence-electron chi connectivity index (χ3n) is 4.30. The zero-order valence-electron chi connectivity index (χ0n) is 13.9. The number of nitrogens with one attached hydrogen (secondary N) is 2. The smallest absolute Gasteiger partial charge is 0.224 e. The Balaban J connectivity index is 2.04. The van der Waals surface area contributed by atoms with Gasteiger partial charge in [-0.05, 0) is 30.7 Å². The van der Waals surface area contributed by atoms with Crippen LogP contribution in [0.4, 0.5) is 0 Å². The van der Waals surface area contributed by atoms with Crippen LogP contribution in [0.1, 0.15) is 25.8 Å². The van der Waals surface area contributed by atoms with Gasteiger partial charge < -0.3 is 20.1 Å². The number of amides is 1. The van der Waals surface area contributed by atoms with Crippen LogP contribution in [0.2, 0.25) is 0 Å². The highest BCUT2D eigenvalue weighted by Crippen LogP contribution is 2.32. The van der Waals surface area contributed by atoms with Gasteiger partial charge in [0.1, 0.15) is 0 Å². The quantitative estimate of drug-likeness (QED) is 0.840. The van der Waals surface area contributed by atoms with Crippen LogP contribution in [0.15, 0.2) is 18.2 Å². The van der Waals surface area contributed by atoms with Crippen LogP contribution in [-0.4, -0.2) is 39.8 Å². The van der Waals surface area contributed by atoms with E-state index < -0.39 is 0 Å². The van der Waals surface area contributed by atoms with E-state index in [0.717, 1.165) is 25.1 Å². The molecule has 1 heterocycles. The lowest BCUT2D eigenvalue weighted by molar-refractivity contribution is -0.124. The minimum atomic E-state index is -0.179. The summed E-state index contributed by atoms with van der Waals surface area (Å²) in [6, 6.07) is 5.89. The van der Waals surface area contributed by atoms with Gasteiger partial charge in [-0.25, -0.2) is 0 Å². The van der Waals surface area contributed by atoms with E-state index >= 15 is 0 Å². The fourth-order valence-electron chi connectivity index (χ4n) is 2.69. The van der Waals surface area contributed by atoms with Crippen LogP contribution in [0.25, 0.3) is 0 Å². The van der Waals surface area contributed by atoms with Crippen LogP contribution in [0.5, 0.6) is 11.5 Å². The lowest BCUT2D eigenvalue weighted by Gasteiger charge is -2.27. The number of ether oxygens (including phenoxy) is 2. The average Bonchev–Trinajstić information content (AvgIpc) is 3.06. The predicted octanol–water partition coefficient (Wildman–Crippen LogP) is 1.71. The van der Waals surface area contributed by atoms with Crippen molar-refractivity contribution in [2.24, 2.45) is 5.92 Å². The van der Waals surface area contributed by atoms with Crippen molar-refractivity contribution in [2.45, 2.75) is 25.7 Å². The molecule has 1 aliphatic heterocycles. The molecule has 1 aromatic rings. The average molecular weight is 306 g/mol. The zero-order chi connectivity index (χ0) is 16.2. The van der Waals surface area contributed by atoms with E-state index in [0.29, 0.717) is 18.0 Å². The van der Waals surface area contributed by atoms with Gasteiger partial charge in [-0.2, -0.15) is 0 Å². The Bertz CT molecular complexity index is 523. The van der Waals surface area contributed by atoms with Gasteiger partial charge in [0.25, 0.3) is 0 Å². The van der Waals surface area contributed by atoms with Gasteiger partial charge in [-0.3, -0.25) is 4.79 Å². The highest BCUT2D eigenvalue weighted by Gasteiger charge is 2.26. The Kier molecular flexibility index (Phi) is 5.29. The van der Waals surface area contributed by atoms with Crippen LogP contribution in [-0.2, 0) is 10.2 Å². The van der Waals surface area contributed by atoms with E-state index in [4.69, 9.17) is 9.47 Å². The summed E-state index contributed by atoms with van der Waals surface area (Å²) in [6.45, 7) is 6.53. The summed E-state index contributed by atoms with van der Waals surface area (Å²) in [5.41, 5.74) is 0.927. The second-order valence-electron chi connectivity index (χ2n) is 6.36. The van der Waals surface area contributed by atoms with Gasteiger partial charge in [-0.1, -0.05) is 19.9 Å². The molecule has 1 unspecified atom stereocenters. The summed E-state index contributed by atoms with van der Waals surface area (Å²) in [7, 11) is 3.25. The van der Waals surface area contributed by atoms with Gasteiger partial charge in [0.2, 0.25) is 5.91 Å². The maximum atomic E-state index is 12.2. The second kappa shape index (κ2) is 7.01. The lowest BCUT2D eigenvalue weighted by Crippen LogP contribution is -2.40. The van der Waals surface area contributed by atoms with Crippen LogP contribution in [0.3, 0.4) is 0 Å². The summed E-state index contributed by atoms with van der Waals surface area (Å²) >= 11 is 0. The monoisotopic (exact) mass is 306 g/mol. The highest BCUT2D eigenvalue weighted by atomic mass is 16.5. The minimum absolute atomic E-state index is 0.0983. The van der Waals surface area contributed by atoms with Crippen molar-refractivity contribution < 1.29 is 14.3 Å². The highest BCUT2D eigenvalue weighted by molar-refractivity contribution is 5.79. The Hall–Kier alpha value is -1.75. The van der Waals surface area contributed by atoms with Crippen LogP contribution >= 0.6 is 0 Å². The van der Waals surface area contributed by atoms with Gasteiger partial charge in [0.15, 0.2) is 11.5 Å². The number of benzene rings is 1. The summed E-state index contributed by atoms with van der Waals surface area (Å²) in [5, 5.41) is 6.30. The molecule has 0 spiro atoms. The normalized spacial score (nSPS) is 18.1. The van der Waals surface area contributed by atoms with Crippen molar-refractivity contribution in [1.82, 2.24) is 10.6 Å². The van der Waals surface area contributed by atoms with E-state index in [2.05, 4.69) is 24.5 Å². The summed E-state index contributed by atoms with van der Waals surface area (Å²) in [4.78, 5) is 12.2. The van der Waals surface area contributed by atoms with Gasteiger partial charge >= 0.3 is 0 Å². The first kappa shape index (κ1) is 16.6. The van der Waals surface area contributed by atoms with Crippen molar-refractivity contribution in [3.8, 4) is 11.5 Å². The standard InChI is InChI=1S/C17H26N2O3/c1-17(2,11-19-16(20)12-7-8-18-10-12)13-5-6-14(21-3)15(9-13)22-4/h5-6,9,12,18H,7-8,10-11H2,1-4H3,(H,19,20). The fourth-order valence-corrected chi connectivity index (χ4v) is 2.69. The number of rotatable bonds is 6. The molecule has 2 rings (SSSR count). The first-order valence-electron chi connectivity index (χ1n) is 7.69. The van der Waals surface area contributed by atoms with Crippen molar-refractivity contribution in [2.75, 3.05) is 33.9 Å². The van der Waals surface area contributed by atoms with E-state index in [1.165, 1.54) is 0 Å². The van der Waals surface area contributed by atoms with Crippen molar-refractivity contribution in [1.29, 1.82) is 0 Å². The largest absolute Gasteiger partial charge is 0.493 e. The van der Waals surface area contributed by atoms with Crippen LogP contribution < -0.4 is 20.1 Å². The van der Waals surface area contributed by atoms with E-state index in [1.54, 1.807) is 14.2 Å². The molecule has 1 amide bonds. The minimum Gasteiger partial charge on any atom is -0.493 e. The molecule has 1 aliphatic rings. The molecule has 122 valence electrons. The lowest BCUT2D eigenvalue weighted by atomic mass is 9.84. The SMILES string of the molecule is COc1ccc(C(C)(C)CNC(=O)C2CCNC2)cc1OC. The Morgan fingerprint density at radius 2 is 2.05 bits per heavy atom. The second-order valence-corrected chi connectivity index (χ2v) is 6.36. The van der Waals surface area contributed by atoms with Crippen molar-refractivity contribution in [3.63, 3.8) is 0 Å². The van der Waals surface area contributed by atoms with Gasteiger partial charge in [0, 0.05) is 18.5 Å². The van der Waals surface area contributed by atoms with Gasteiger partial charge in [-0.15, -0.1) is 0 Å². The van der Waals surface area contributed by atoms with Crippen molar-refractivity contribution in [3.05, 3.63) is 23.8 Å². The van der Waals surface area contributed by atoms with Crippen molar-refractivity contribution >= 4 is 5.91 Å². The molecule has 1 fully saturated rings. The molecular formula is C17H26N2O3. The maximum absolute atomic E-state index is 12.2.